The van der Waals surface area contributed by atoms with Gasteiger partial charge in [-0.25, -0.2) is 0 Å². The molecule has 0 spiro atoms. The summed E-state index contributed by atoms with van der Waals surface area (Å²) in [4.78, 5) is 1.10. The lowest BCUT2D eigenvalue weighted by Gasteiger charge is -2.29. The molecule has 2 nitrogen and oxygen atoms in total. The SMILES string of the molecule is N[C@H]1CC(c2cc(Br)c(Cl)s2)Oc2ccc(Br)cc21. The van der Waals surface area contributed by atoms with Gasteiger partial charge in [0.05, 0.1) is 0 Å². The number of hydrogen-bond donors (Lipinski definition) is 1. The molecule has 1 unspecified atom stereocenters. The molecule has 2 atom stereocenters. The monoisotopic (exact) mass is 421 g/mol. The maximum atomic E-state index is 6.25. The van der Waals surface area contributed by atoms with E-state index in [1.165, 1.54) is 11.3 Å². The first-order chi connectivity index (χ1) is 9.04. The molecule has 0 saturated carbocycles. The molecule has 1 aliphatic heterocycles. The molecule has 0 radical (unpaired) electrons. The Morgan fingerprint density at radius 3 is 2.79 bits per heavy atom. The third-order valence-corrected chi connectivity index (χ3v) is 6.15. The van der Waals surface area contributed by atoms with Crippen LogP contribution in [0.5, 0.6) is 5.75 Å². The number of hydrogen-bond acceptors (Lipinski definition) is 3. The smallest absolute Gasteiger partial charge is 0.135 e. The molecule has 100 valence electrons. The highest BCUT2D eigenvalue weighted by molar-refractivity contribution is 9.10. The van der Waals surface area contributed by atoms with Crippen LogP contribution in [0.4, 0.5) is 0 Å². The maximum absolute atomic E-state index is 6.25. The Morgan fingerprint density at radius 2 is 2.11 bits per heavy atom. The first kappa shape index (κ1) is 13.9. The summed E-state index contributed by atoms with van der Waals surface area (Å²) in [5, 5.41) is 0. The van der Waals surface area contributed by atoms with E-state index < -0.39 is 0 Å². The number of thiophene rings is 1. The van der Waals surface area contributed by atoms with E-state index in [4.69, 9.17) is 22.1 Å². The zero-order chi connectivity index (χ0) is 13.6. The topological polar surface area (TPSA) is 35.2 Å². The van der Waals surface area contributed by atoms with Crippen molar-refractivity contribution in [1.29, 1.82) is 0 Å². The normalized spacial score (nSPS) is 21.9. The van der Waals surface area contributed by atoms with Crippen LogP contribution in [0.3, 0.4) is 0 Å². The predicted octanol–water partition coefficient (Wildman–Crippen LogP) is 5.45. The first-order valence-corrected chi connectivity index (χ1v) is 8.49. The van der Waals surface area contributed by atoms with Crippen LogP contribution in [0.25, 0.3) is 0 Å². The Bertz CT molecular complexity index is 612. The van der Waals surface area contributed by atoms with E-state index in [0.29, 0.717) is 0 Å². The van der Waals surface area contributed by atoms with Crippen LogP contribution in [0, 0.1) is 0 Å². The molecule has 2 N–H and O–H groups in total. The van der Waals surface area contributed by atoms with E-state index in [1.54, 1.807) is 0 Å². The van der Waals surface area contributed by atoms with E-state index in [0.717, 1.165) is 35.9 Å². The van der Waals surface area contributed by atoms with Crippen molar-refractivity contribution in [2.75, 3.05) is 0 Å². The summed E-state index contributed by atoms with van der Waals surface area (Å²) >= 11 is 14.5. The van der Waals surface area contributed by atoms with E-state index >= 15 is 0 Å². The van der Waals surface area contributed by atoms with Crippen molar-refractivity contribution in [3.63, 3.8) is 0 Å². The minimum Gasteiger partial charge on any atom is -0.484 e. The van der Waals surface area contributed by atoms with Crippen LogP contribution < -0.4 is 10.5 Å². The van der Waals surface area contributed by atoms with Gasteiger partial charge in [0.15, 0.2) is 0 Å². The van der Waals surface area contributed by atoms with Crippen molar-refractivity contribution >= 4 is 54.8 Å². The van der Waals surface area contributed by atoms with Gasteiger partial charge in [-0.2, -0.15) is 0 Å². The Balaban J connectivity index is 1.94. The minimum atomic E-state index is -0.0301. The van der Waals surface area contributed by atoms with E-state index in [9.17, 15) is 0 Å². The van der Waals surface area contributed by atoms with Crippen LogP contribution >= 0.6 is 54.8 Å². The molecular formula is C13H10Br2ClNOS. The molecule has 3 rings (SSSR count). The number of halogens is 3. The molecule has 2 heterocycles. The molecule has 0 saturated heterocycles. The molecule has 1 aromatic carbocycles. The van der Waals surface area contributed by atoms with Crippen LogP contribution in [0.15, 0.2) is 33.2 Å². The zero-order valence-electron chi connectivity index (χ0n) is 9.70. The lowest BCUT2D eigenvalue weighted by Crippen LogP contribution is -2.23. The van der Waals surface area contributed by atoms with Gasteiger partial charge in [-0.3, -0.25) is 0 Å². The van der Waals surface area contributed by atoms with Gasteiger partial charge in [0.25, 0.3) is 0 Å². The zero-order valence-corrected chi connectivity index (χ0v) is 14.4. The fourth-order valence-corrected chi connectivity index (χ4v) is 4.33. The van der Waals surface area contributed by atoms with E-state index in [2.05, 4.69) is 31.9 Å². The Morgan fingerprint density at radius 1 is 1.32 bits per heavy atom. The number of nitrogens with two attached hydrogens (primary N) is 1. The Hall–Kier alpha value is -0.0700. The predicted molar refractivity (Wildman–Crippen MR) is 86.1 cm³/mol. The Kier molecular flexibility index (Phi) is 3.93. The van der Waals surface area contributed by atoms with Crippen LogP contribution in [0.1, 0.15) is 29.0 Å². The summed E-state index contributed by atoms with van der Waals surface area (Å²) < 4.78 is 8.72. The van der Waals surface area contributed by atoms with Gasteiger partial charge in [-0.15, -0.1) is 11.3 Å². The average Bonchev–Trinajstić information content (AvgIpc) is 2.70. The van der Waals surface area contributed by atoms with Gasteiger partial charge in [0.2, 0.25) is 0 Å². The standard InChI is InChI=1S/C13H10Br2ClNOS/c14-6-1-2-10-7(3-6)9(17)5-11(18-10)12-4-8(15)13(16)19-12/h1-4,9,11H,5,17H2/t9-,11?/m0/s1. The van der Waals surface area contributed by atoms with Gasteiger partial charge in [0, 0.05) is 31.8 Å². The summed E-state index contributed by atoms with van der Waals surface area (Å²) in [7, 11) is 0. The van der Waals surface area contributed by atoms with Gasteiger partial charge in [-0.05, 0) is 40.2 Å². The van der Waals surface area contributed by atoms with Crippen LogP contribution in [0.2, 0.25) is 4.34 Å². The van der Waals surface area contributed by atoms with Crippen molar-refractivity contribution in [2.24, 2.45) is 5.73 Å². The molecule has 2 aromatic rings. The van der Waals surface area contributed by atoms with Crippen LogP contribution in [-0.4, -0.2) is 0 Å². The second kappa shape index (κ2) is 5.37. The maximum Gasteiger partial charge on any atom is 0.135 e. The number of benzene rings is 1. The van der Waals surface area contributed by atoms with Crippen molar-refractivity contribution in [3.8, 4) is 5.75 Å². The second-order valence-electron chi connectivity index (χ2n) is 4.40. The summed E-state index contributed by atoms with van der Waals surface area (Å²) in [5.41, 5.74) is 7.30. The van der Waals surface area contributed by atoms with Gasteiger partial charge in [0.1, 0.15) is 16.2 Å². The van der Waals surface area contributed by atoms with Crippen molar-refractivity contribution in [3.05, 3.63) is 48.0 Å². The van der Waals surface area contributed by atoms with Crippen molar-refractivity contribution in [2.45, 2.75) is 18.6 Å². The molecule has 19 heavy (non-hydrogen) atoms. The molecule has 1 aliphatic rings. The minimum absolute atomic E-state index is 0.0223. The highest BCUT2D eigenvalue weighted by atomic mass is 79.9. The van der Waals surface area contributed by atoms with Gasteiger partial charge >= 0.3 is 0 Å². The summed E-state index contributed by atoms with van der Waals surface area (Å²) in [5.74, 6) is 0.854. The van der Waals surface area contributed by atoms with Crippen LogP contribution in [-0.2, 0) is 0 Å². The average molecular weight is 424 g/mol. The summed E-state index contributed by atoms with van der Waals surface area (Å²) in [6.45, 7) is 0. The fraction of sp³-hybridized carbons (Fsp3) is 0.231. The lowest BCUT2D eigenvalue weighted by molar-refractivity contribution is 0.165. The molecular weight excluding hydrogens is 413 g/mol. The molecule has 0 amide bonds. The van der Waals surface area contributed by atoms with Gasteiger partial charge in [-0.1, -0.05) is 27.5 Å². The second-order valence-corrected chi connectivity index (χ2v) is 7.86. The summed E-state index contributed by atoms with van der Waals surface area (Å²) in [6, 6.07) is 7.92. The third-order valence-electron chi connectivity index (χ3n) is 3.09. The number of fused-ring (bicyclic) bond motifs is 1. The largest absolute Gasteiger partial charge is 0.484 e. The summed E-state index contributed by atoms with van der Waals surface area (Å²) in [6.07, 6.45) is 0.727. The lowest BCUT2D eigenvalue weighted by atomic mass is 9.97. The first-order valence-electron chi connectivity index (χ1n) is 5.71. The molecule has 1 aromatic heterocycles. The van der Waals surface area contributed by atoms with Gasteiger partial charge < -0.3 is 10.5 Å². The third kappa shape index (κ3) is 2.72. The molecule has 0 aliphatic carbocycles. The molecule has 6 heteroatoms. The number of ether oxygens (including phenoxy) is 1. The quantitative estimate of drug-likeness (QED) is 0.662. The Labute approximate surface area is 137 Å². The molecule has 0 fully saturated rings. The number of rotatable bonds is 1. The highest BCUT2D eigenvalue weighted by Gasteiger charge is 2.28. The fourth-order valence-electron chi connectivity index (χ4n) is 2.17. The molecule has 0 bridgehead atoms. The van der Waals surface area contributed by atoms with Crippen molar-refractivity contribution < 1.29 is 4.74 Å². The van der Waals surface area contributed by atoms with E-state index in [1.807, 2.05) is 24.3 Å². The highest BCUT2D eigenvalue weighted by Crippen LogP contribution is 2.44. The van der Waals surface area contributed by atoms with Crippen molar-refractivity contribution in [1.82, 2.24) is 0 Å². The van der Waals surface area contributed by atoms with E-state index in [-0.39, 0.29) is 12.1 Å².